The Bertz CT molecular complexity index is 564. The van der Waals surface area contributed by atoms with Crippen LogP contribution in [0.5, 0.6) is 11.5 Å². The van der Waals surface area contributed by atoms with Crippen molar-refractivity contribution >= 4 is 0 Å². The molecule has 0 saturated carbocycles. The number of halogens is 1. The predicted octanol–water partition coefficient (Wildman–Crippen LogP) is 4.23. The van der Waals surface area contributed by atoms with Crippen LogP contribution in [-0.4, -0.2) is 5.11 Å². The molecule has 0 fully saturated rings. The lowest BCUT2D eigenvalue weighted by Gasteiger charge is -2.14. The molecule has 0 radical (unpaired) electrons. The molecule has 0 aliphatic heterocycles. The number of hydrogen-bond acceptors (Lipinski definition) is 2. The van der Waals surface area contributed by atoms with Gasteiger partial charge in [-0.3, -0.25) is 0 Å². The molecule has 0 aliphatic carbocycles. The number of aryl methyl sites for hydroxylation is 1. The third-order valence-electron chi connectivity index (χ3n) is 2.97. The van der Waals surface area contributed by atoms with Gasteiger partial charge in [0.05, 0.1) is 6.10 Å². The van der Waals surface area contributed by atoms with Gasteiger partial charge in [0.15, 0.2) is 11.6 Å². The molecule has 2 nitrogen and oxygen atoms in total. The first-order valence-corrected chi connectivity index (χ1v) is 6.35. The van der Waals surface area contributed by atoms with Crippen LogP contribution in [0.4, 0.5) is 4.39 Å². The summed E-state index contributed by atoms with van der Waals surface area (Å²) < 4.78 is 19.5. The molecule has 0 aromatic heterocycles. The third-order valence-corrected chi connectivity index (χ3v) is 2.97. The first-order chi connectivity index (χ1) is 9.11. The molecule has 2 aromatic rings. The van der Waals surface area contributed by atoms with E-state index in [4.69, 9.17) is 4.74 Å². The van der Waals surface area contributed by atoms with Crippen molar-refractivity contribution in [2.75, 3.05) is 0 Å². The molecule has 1 atom stereocenters. The summed E-state index contributed by atoms with van der Waals surface area (Å²) in [7, 11) is 0. The highest BCUT2D eigenvalue weighted by atomic mass is 19.1. The van der Waals surface area contributed by atoms with Crippen LogP contribution in [0.25, 0.3) is 0 Å². The van der Waals surface area contributed by atoms with Crippen molar-refractivity contribution in [1.82, 2.24) is 0 Å². The summed E-state index contributed by atoms with van der Waals surface area (Å²) >= 11 is 0. The van der Waals surface area contributed by atoms with Gasteiger partial charge >= 0.3 is 0 Å². The minimum absolute atomic E-state index is 0.0887. The lowest BCUT2D eigenvalue weighted by Crippen LogP contribution is -1.99. The number of para-hydroxylation sites is 1. The van der Waals surface area contributed by atoms with E-state index in [1.165, 1.54) is 6.07 Å². The van der Waals surface area contributed by atoms with E-state index in [0.29, 0.717) is 11.3 Å². The quantitative estimate of drug-likeness (QED) is 0.891. The van der Waals surface area contributed by atoms with Crippen molar-refractivity contribution in [2.45, 2.75) is 26.4 Å². The van der Waals surface area contributed by atoms with Gasteiger partial charge in [0.25, 0.3) is 0 Å². The number of aliphatic hydroxyl groups excluding tert-OH is 1. The summed E-state index contributed by atoms with van der Waals surface area (Å²) in [6.45, 7) is 3.63. The monoisotopic (exact) mass is 260 g/mol. The second kappa shape index (κ2) is 5.85. The topological polar surface area (TPSA) is 29.5 Å². The third kappa shape index (κ3) is 3.12. The van der Waals surface area contributed by atoms with Gasteiger partial charge in [-0.05, 0) is 37.1 Å². The normalized spacial score (nSPS) is 12.2. The lowest BCUT2D eigenvalue weighted by atomic mass is 10.1. The van der Waals surface area contributed by atoms with Gasteiger partial charge in [0, 0.05) is 5.56 Å². The van der Waals surface area contributed by atoms with E-state index >= 15 is 0 Å². The Labute approximate surface area is 112 Å². The fourth-order valence-electron chi connectivity index (χ4n) is 1.91. The summed E-state index contributed by atoms with van der Waals surface area (Å²) in [5.41, 5.74) is 1.56. The highest BCUT2D eigenvalue weighted by molar-refractivity contribution is 5.41. The number of hydrogen-bond donors (Lipinski definition) is 1. The van der Waals surface area contributed by atoms with Crippen molar-refractivity contribution < 1.29 is 14.2 Å². The Morgan fingerprint density at radius 1 is 1.21 bits per heavy atom. The molecule has 2 aromatic carbocycles. The predicted molar refractivity (Wildman–Crippen MR) is 72.9 cm³/mol. The summed E-state index contributed by atoms with van der Waals surface area (Å²) in [4.78, 5) is 0. The first kappa shape index (κ1) is 13.6. The SMILES string of the molecule is CCc1cccc(Oc2c(F)cccc2[C@H](C)O)c1. The standard InChI is InChI=1S/C16H17FO2/c1-3-12-6-4-7-13(10-12)19-16-14(11(2)18)8-5-9-15(16)17/h4-11,18H,3H2,1-2H3/t11-/m0/s1. The van der Waals surface area contributed by atoms with Crippen molar-refractivity contribution in [1.29, 1.82) is 0 Å². The molecule has 0 heterocycles. The summed E-state index contributed by atoms with van der Waals surface area (Å²) in [5, 5.41) is 9.66. The molecule has 19 heavy (non-hydrogen) atoms. The number of ether oxygens (including phenoxy) is 1. The highest BCUT2D eigenvalue weighted by Gasteiger charge is 2.14. The zero-order chi connectivity index (χ0) is 13.8. The van der Waals surface area contributed by atoms with Crippen LogP contribution in [-0.2, 0) is 6.42 Å². The van der Waals surface area contributed by atoms with E-state index in [1.807, 2.05) is 25.1 Å². The minimum Gasteiger partial charge on any atom is -0.454 e. The Morgan fingerprint density at radius 3 is 2.63 bits per heavy atom. The molecule has 2 rings (SSSR count). The molecular formula is C16H17FO2. The number of benzene rings is 2. The summed E-state index contributed by atoms with van der Waals surface area (Å²) in [6.07, 6.45) is 0.109. The van der Waals surface area contributed by atoms with E-state index in [2.05, 4.69) is 0 Å². The van der Waals surface area contributed by atoms with Gasteiger partial charge < -0.3 is 9.84 Å². The van der Waals surface area contributed by atoms with Crippen LogP contribution in [0.1, 0.15) is 31.1 Å². The van der Waals surface area contributed by atoms with Gasteiger partial charge in [-0.1, -0.05) is 31.2 Å². The maximum absolute atomic E-state index is 13.8. The van der Waals surface area contributed by atoms with Crippen LogP contribution < -0.4 is 4.74 Å². The van der Waals surface area contributed by atoms with Crippen LogP contribution in [0, 0.1) is 5.82 Å². The second-order valence-corrected chi connectivity index (χ2v) is 4.44. The molecule has 0 saturated heterocycles. The molecule has 0 unspecified atom stereocenters. The number of rotatable bonds is 4. The van der Waals surface area contributed by atoms with E-state index in [1.54, 1.807) is 25.1 Å². The number of aliphatic hydroxyl groups is 1. The Balaban J connectivity index is 2.37. The summed E-state index contributed by atoms with van der Waals surface area (Å²) in [6, 6.07) is 12.1. The van der Waals surface area contributed by atoms with Crippen molar-refractivity contribution in [3.63, 3.8) is 0 Å². The molecule has 0 bridgehead atoms. The van der Waals surface area contributed by atoms with Crippen LogP contribution in [0.15, 0.2) is 42.5 Å². The van der Waals surface area contributed by atoms with E-state index in [-0.39, 0.29) is 5.75 Å². The molecule has 0 amide bonds. The Kier molecular flexibility index (Phi) is 4.17. The molecule has 0 aliphatic rings. The lowest BCUT2D eigenvalue weighted by molar-refractivity contribution is 0.194. The van der Waals surface area contributed by atoms with Crippen molar-refractivity contribution in [3.8, 4) is 11.5 Å². The Morgan fingerprint density at radius 2 is 1.95 bits per heavy atom. The van der Waals surface area contributed by atoms with Gasteiger partial charge in [0.1, 0.15) is 5.75 Å². The molecule has 1 N–H and O–H groups in total. The van der Waals surface area contributed by atoms with Gasteiger partial charge in [-0.15, -0.1) is 0 Å². The van der Waals surface area contributed by atoms with Crippen molar-refractivity contribution in [3.05, 3.63) is 59.4 Å². The molecular weight excluding hydrogens is 243 g/mol. The van der Waals surface area contributed by atoms with Gasteiger partial charge in [-0.2, -0.15) is 0 Å². The van der Waals surface area contributed by atoms with E-state index in [9.17, 15) is 9.50 Å². The zero-order valence-corrected chi connectivity index (χ0v) is 11.1. The maximum atomic E-state index is 13.8. The van der Waals surface area contributed by atoms with E-state index in [0.717, 1.165) is 12.0 Å². The molecule has 0 spiro atoms. The van der Waals surface area contributed by atoms with Crippen molar-refractivity contribution in [2.24, 2.45) is 0 Å². The highest BCUT2D eigenvalue weighted by Crippen LogP contribution is 2.32. The average molecular weight is 260 g/mol. The first-order valence-electron chi connectivity index (χ1n) is 6.35. The van der Waals surface area contributed by atoms with E-state index < -0.39 is 11.9 Å². The fourth-order valence-corrected chi connectivity index (χ4v) is 1.91. The van der Waals surface area contributed by atoms with Gasteiger partial charge in [0.2, 0.25) is 0 Å². The summed E-state index contributed by atoms with van der Waals surface area (Å²) in [5.74, 6) is 0.192. The molecule has 100 valence electrons. The smallest absolute Gasteiger partial charge is 0.168 e. The maximum Gasteiger partial charge on any atom is 0.168 e. The van der Waals surface area contributed by atoms with Crippen LogP contribution >= 0.6 is 0 Å². The minimum atomic E-state index is -0.778. The van der Waals surface area contributed by atoms with Crippen LogP contribution in [0.2, 0.25) is 0 Å². The van der Waals surface area contributed by atoms with Gasteiger partial charge in [-0.25, -0.2) is 4.39 Å². The average Bonchev–Trinajstić information content (AvgIpc) is 2.41. The molecule has 3 heteroatoms. The zero-order valence-electron chi connectivity index (χ0n) is 11.1. The second-order valence-electron chi connectivity index (χ2n) is 4.44. The largest absolute Gasteiger partial charge is 0.454 e. The Hall–Kier alpha value is -1.87. The van der Waals surface area contributed by atoms with Crippen LogP contribution in [0.3, 0.4) is 0 Å². The fraction of sp³-hybridized carbons (Fsp3) is 0.250.